The van der Waals surface area contributed by atoms with Crippen molar-refractivity contribution < 1.29 is 24.2 Å². The molecule has 0 spiro atoms. The Balaban J connectivity index is 2.94. The van der Waals surface area contributed by atoms with Gasteiger partial charge in [-0.1, -0.05) is 12.7 Å². The molecule has 20 heavy (non-hydrogen) atoms. The second kappa shape index (κ2) is 6.62. The van der Waals surface area contributed by atoms with Gasteiger partial charge < -0.3 is 14.6 Å². The first-order chi connectivity index (χ1) is 9.25. The molecule has 0 saturated heterocycles. The highest BCUT2D eigenvalue weighted by Gasteiger charge is 2.34. The number of ether oxygens (including phenoxy) is 2. The molecule has 1 rings (SSSR count). The van der Waals surface area contributed by atoms with Crippen molar-refractivity contribution >= 4 is 23.3 Å². The van der Waals surface area contributed by atoms with E-state index in [0.29, 0.717) is 5.01 Å². The summed E-state index contributed by atoms with van der Waals surface area (Å²) in [4.78, 5) is 26.8. The van der Waals surface area contributed by atoms with Crippen molar-refractivity contribution in [3.05, 3.63) is 28.7 Å². The van der Waals surface area contributed by atoms with Crippen molar-refractivity contribution in [1.29, 1.82) is 0 Å². The minimum Gasteiger partial charge on any atom is -0.457 e. The molecule has 0 fully saturated rings. The fraction of sp³-hybridized carbons (Fsp3) is 0.462. The van der Waals surface area contributed by atoms with Crippen molar-refractivity contribution in [3.63, 3.8) is 0 Å². The van der Waals surface area contributed by atoms with Crippen LogP contribution in [0.5, 0.6) is 0 Å². The topological polar surface area (TPSA) is 85.7 Å². The number of carbonyl (C=O) groups is 2. The number of rotatable bonds is 6. The predicted octanol–water partition coefficient (Wildman–Crippen LogP) is 1.86. The summed E-state index contributed by atoms with van der Waals surface area (Å²) in [6.45, 7) is 7.76. The van der Waals surface area contributed by atoms with Gasteiger partial charge in [-0.25, -0.2) is 9.78 Å². The molecule has 0 aliphatic heterocycles. The molecule has 1 N–H and O–H groups in total. The normalized spacial score (nSPS) is 12.6. The summed E-state index contributed by atoms with van der Waals surface area (Å²) >= 11 is 1.11. The summed E-state index contributed by atoms with van der Waals surface area (Å²) in [5.74, 6) is -1.13. The third kappa shape index (κ3) is 4.43. The maximum atomic E-state index is 11.6. The van der Waals surface area contributed by atoms with E-state index in [0.717, 1.165) is 11.3 Å². The van der Waals surface area contributed by atoms with Gasteiger partial charge in [0, 0.05) is 12.3 Å². The zero-order valence-corrected chi connectivity index (χ0v) is 12.4. The number of nitrogens with zero attached hydrogens (tertiary/aromatic N) is 1. The van der Waals surface area contributed by atoms with Gasteiger partial charge >= 0.3 is 11.9 Å². The van der Waals surface area contributed by atoms with Crippen LogP contribution in [0.2, 0.25) is 0 Å². The Morgan fingerprint density at radius 3 is 2.75 bits per heavy atom. The molecule has 110 valence electrons. The first-order valence-corrected chi connectivity index (χ1v) is 6.76. The second-order valence-corrected chi connectivity index (χ2v) is 5.49. The molecule has 1 heterocycles. The number of aliphatic hydroxyl groups is 1. The highest BCUT2D eigenvalue weighted by atomic mass is 32.1. The number of hydrogen-bond acceptors (Lipinski definition) is 7. The van der Waals surface area contributed by atoms with Gasteiger partial charge in [-0.05, 0) is 13.8 Å². The number of esters is 2. The molecule has 0 bridgehead atoms. The average molecular weight is 299 g/mol. The molecule has 0 saturated carbocycles. The molecule has 0 aromatic carbocycles. The van der Waals surface area contributed by atoms with Crippen LogP contribution in [0.1, 0.15) is 42.4 Å². The molecule has 0 radical (unpaired) electrons. The van der Waals surface area contributed by atoms with Crippen LogP contribution in [0.15, 0.2) is 18.0 Å². The van der Waals surface area contributed by atoms with Crippen LogP contribution >= 0.6 is 11.3 Å². The van der Waals surface area contributed by atoms with E-state index in [1.165, 1.54) is 32.2 Å². The summed E-state index contributed by atoms with van der Waals surface area (Å²) in [7, 11) is 0. The van der Waals surface area contributed by atoms with Gasteiger partial charge in [-0.3, -0.25) is 4.79 Å². The molecular weight excluding hydrogens is 282 g/mol. The lowest BCUT2D eigenvalue weighted by molar-refractivity contribution is -0.160. The molecule has 0 amide bonds. The SMILES string of the molecule is C=CCOC(=O)c1csc([C@@H](OC(C)=O)C(C)(C)O)n1. The predicted molar refractivity (Wildman–Crippen MR) is 73.4 cm³/mol. The van der Waals surface area contributed by atoms with Crippen LogP contribution in [0.3, 0.4) is 0 Å². The molecule has 0 aliphatic carbocycles. The van der Waals surface area contributed by atoms with Crippen LogP contribution in [0.4, 0.5) is 0 Å². The molecule has 6 nitrogen and oxygen atoms in total. The summed E-state index contributed by atoms with van der Waals surface area (Å²) in [6.07, 6.45) is 0.509. The van der Waals surface area contributed by atoms with Crippen molar-refractivity contribution in [2.24, 2.45) is 0 Å². The summed E-state index contributed by atoms with van der Waals surface area (Å²) < 4.78 is 9.92. The number of aromatic nitrogens is 1. The van der Waals surface area contributed by atoms with E-state index in [1.54, 1.807) is 0 Å². The molecule has 1 aromatic heterocycles. The highest BCUT2D eigenvalue weighted by molar-refractivity contribution is 7.09. The Morgan fingerprint density at radius 2 is 2.25 bits per heavy atom. The van der Waals surface area contributed by atoms with E-state index in [2.05, 4.69) is 11.6 Å². The first-order valence-electron chi connectivity index (χ1n) is 5.88. The zero-order valence-electron chi connectivity index (χ0n) is 11.6. The Morgan fingerprint density at radius 1 is 1.60 bits per heavy atom. The molecule has 0 unspecified atom stereocenters. The Bertz CT molecular complexity index is 503. The van der Waals surface area contributed by atoms with Crippen LogP contribution in [-0.2, 0) is 14.3 Å². The van der Waals surface area contributed by atoms with Crippen LogP contribution in [0.25, 0.3) is 0 Å². The molecule has 1 aromatic rings. The van der Waals surface area contributed by atoms with E-state index in [4.69, 9.17) is 9.47 Å². The van der Waals surface area contributed by atoms with Crippen molar-refractivity contribution in [1.82, 2.24) is 4.98 Å². The van der Waals surface area contributed by atoms with E-state index in [1.807, 2.05) is 0 Å². The lowest BCUT2D eigenvalue weighted by Gasteiger charge is -2.26. The fourth-order valence-electron chi connectivity index (χ4n) is 1.37. The lowest BCUT2D eigenvalue weighted by atomic mass is 10.0. The van der Waals surface area contributed by atoms with E-state index >= 15 is 0 Å². The maximum Gasteiger partial charge on any atom is 0.358 e. The van der Waals surface area contributed by atoms with Gasteiger partial charge in [0.05, 0.1) is 0 Å². The monoisotopic (exact) mass is 299 g/mol. The van der Waals surface area contributed by atoms with E-state index in [-0.39, 0.29) is 12.3 Å². The van der Waals surface area contributed by atoms with Crippen molar-refractivity contribution in [3.8, 4) is 0 Å². The van der Waals surface area contributed by atoms with Gasteiger partial charge in [-0.2, -0.15) is 0 Å². The summed E-state index contributed by atoms with van der Waals surface area (Å²) in [5.41, 5.74) is -1.21. The number of hydrogen-bond donors (Lipinski definition) is 1. The second-order valence-electron chi connectivity index (χ2n) is 4.60. The standard InChI is InChI=1S/C13H17NO5S/c1-5-6-18-12(16)9-7-20-11(14-9)10(13(3,4)17)19-8(2)15/h5,7,10,17H,1,6H2,2-4H3/t10-/m1/s1. The zero-order chi connectivity index (χ0) is 15.3. The van der Waals surface area contributed by atoms with Crippen LogP contribution in [0, 0.1) is 0 Å². The third-order valence-electron chi connectivity index (χ3n) is 2.21. The Hall–Kier alpha value is -1.73. The minimum absolute atomic E-state index is 0.0879. The van der Waals surface area contributed by atoms with Gasteiger partial charge in [0.25, 0.3) is 0 Å². The maximum absolute atomic E-state index is 11.6. The molecule has 0 aliphatic rings. The van der Waals surface area contributed by atoms with Crippen LogP contribution < -0.4 is 0 Å². The molecular formula is C13H17NO5S. The Labute approximate surface area is 121 Å². The van der Waals surface area contributed by atoms with Gasteiger partial charge in [-0.15, -0.1) is 11.3 Å². The lowest BCUT2D eigenvalue weighted by Crippen LogP contribution is -2.32. The minimum atomic E-state index is -1.31. The van der Waals surface area contributed by atoms with Gasteiger partial charge in [0.15, 0.2) is 11.8 Å². The van der Waals surface area contributed by atoms with E-state index < -0.39 is 23.6 Å². The van der Waals surface area contributed by atoms with Gasteiger partial charge in [0.1, 0.15) is 17.2 Å². The number of thiazole rings is 1. The largest absolute Gasteiger partial charge is 0.457 e. The summed E-state index contributed by atoms with van der Waals surface area (Å²) in [6, 6.07) is 0. The fourth-order valence-corrected chi connectivity index (χ4v) is 2.37. The molecule has 1 atom stereocenters. The van der Waals surface area contributed by atoms with Gasteiger partial charge in [0.2, 0.25) is 0 Å². The third-order valence-corrected chi connectivity index (χ3v) is 3.10. The van der Waals surface area contributed by atoms with Crippen molar-refractivity contribution in [2.45, 2.75) is 32.5 Å². The van der Waals surface area contributed by atoms with Crippen LogP contribution in [-0.4, -0.2) is 34.2 Å². The molecule has 7 heteroatoms. The highest BCUT2D eigenvalue weighted by Crippen LogP contribution is 2.31. The number of carbonyl (C=O) groups excluding carboxylic acids is 2. The average Bonchev–Trinajstić information content (AvgIpc) is 2.80. The quantitative estimate of drug-likeness (QED) is 0.637. The van der Waals surface area contributed by atoms with Crippen molar-refractivity contribution in [2.75, 3.05) is 6.61 Å². The first kappa shape index (κ1) is 16.3. The van der Waals surface area contributed by atoms with E-state index in [9.17, 15) is 14.7 Å². The smallest absolute Gasteiger partial charge is 0.358 e. The Kier molecular flexibility index (Phi) is 5.41. The summed E-state index contributed by atoms with van der Waals surface area (Å²) in [5, 5.41) is 11.8.